The summed E-state index contributed by atoms with van der Waals surface area (Å²) in [7, 11) is 0. The lowest BCUT2D eigenvalue weighted by atomic mass is 10.1. The second-order valence-corrected chi connectivity index (χ2v) is 5.79. The van der Waals surface area contributed by atoms with Crippen LogP contribution in [0, 0.1) is 5.82 Å². The van der Waals surface area contributed by atoms with Gasteiger partial charge in [0.1, 0.15) is 5.75 Å². The van der Waals surface area contributed by atoms with Gasteiger partial charge in [0, 0.05) is 10.6 Å². The zero-order valence-electron chi connectivity index (χ0n) is 13.2. The van der Waals surface area contributed by atoms with Gasteiger partial charge in [0.15, 0.2) is 18.2 Å². The van der Waals surface area contributed by atoms with E-state index in [1.165, 1.54) is 30.3 Å². The van der Waals surface area contributed by atoms with Crippen molar-refractivity contribution >= 4 is 34.8 Å². The number of ether oxygens (including phenoxy) is 1. The molecule has 0 aliphatic rings. The predicted molar refractivity (Wildman–Crippen MR) is 95.0 cm³/mol. The number of hydrazone groups is 1. The van der Waals surface area contributed by atoms with Crippen LogP contribution in [-0.2, 0) is 4.79 Å². The summed E-state index contributed by atoms with van der Waals surface area (Å²) in [5.41, 5.74) is 2.98. The van der Waals surface area contributed by atoms with Gasteiger partial charge in [-0.25, -0.2) is 9.82 Å². The largest absolute Gasteiger partial charge is 0.506 e. The first-order valence-electron chi connectivity index (χ1n) is 7.33. The lowest BCUT2D eigenvalue weighted by Crippen LogP contribution is -2.26. The summed E-state index contributed by atoms with van der Waals surface area (Å²) in [5.74, 6) is -1.35. The Kier molecular flexibility index (Phi) is 6.61. The van der Waals surface area contributed by atoms with Gasteiger partial charge in [0.25, 0.3) is 5.91 Å². The molecule has 2 aromatic rings. The molecule has 0 unspecified atom stereocenters. The Hall–Kier alpha value is -2.31. The van der Waals surface area contributed by atoms with Gasteiger partial charge in [0.05, 0.1) is 10.7 Å². The smallest absolute Gasteiger partial charge is 0.277 e. The molecule has 0 aliphatic heterocycles. The third-order valence-corrected chi connectivity index (χ3v) is 3.69. The molecule has 0 saturated heterocycles. The molecule has 2 aromatic carbocycles. The van der Waals surface area contributed by atoms with Crippen molar-refractivity contribution in [2.24, 2.45) is 5.10 Å². The van der Waals surface area contributed by atoms with E-state index in [9.17, 15) is 14.3 Å². The number of nitrogens with zero attached hydrogens (tertiary/aromatic N) is 1. The van der Waals surface area contributed by atoms with Crippen LogP contribution in [0.3, 0.4) is 0 Å². The van der Waals surface area contributed by atoms with Crippen molar-refractivity contribution in [2.45, 2.75) is 13.3 Å². The number of rotatable bonds is 6. The summed E-state index contributed by atoms with van der Waals surface area (Å²) in [5, 5.41) is 14.4. The number of aromatic hydroxyl groups is 1. The number of hydrogen-bond acceptors (Lipinski definition) is 4. The molecule has 0 aliphatic carbocycles. The Morgan fingerprint density at radius 3 is 2.72 bits per heavy atom. The molecule has 2 N–H and O–H groups in total. The molecule has 132 valence electrons. The molecule has 0 fully saturated rings. The van der Waals surface area contributed by atoms with E-state index in [1.807, 2.05) is 0 Å². The molecular weight excluding hydrogens is 370 g/mol. The van der Waals surface area contributed by atoms with Crippen molar-refractivity contribution in [3.63, 3.8) is 0 Å². The molecule has 25 heavy (non-hydrogen) atoms. The van der Waals surface area contributed by atoms with Crippen LogP contribution in [0.25, 0.3) is 0 Å². The molecule has 8 heteroatoms. The number of phenolic OH excluding ortho intramolecular Hbond substituents is 1. The van der Waals surface area contributed by atoms with Crippen LogP contribution in [0.4, 0.5) is 4.39 Å². The average molecular weight is 385 g/mol. The summed E-state index contributed by atoms with van der Waals surface area (Å²) < 4.78 is 18.5. The predicted octanol–water partition coefficient (Wildman–Crippen LogP) is 4.15. The number of benzene rings is 2. The first-order chi connectivity index (χ1) is 11.9. The Labute approximate surface area is 154 Å². The Morgan fingerprint density at radius 2 is 2.04 bits per heavy atom. The number of phenols is 1. The summed E-state index contributed by atoms with van der Waals surface area (Å²) >= 11 is 11.8. The van der Waals surface area contributed by atoms with E-state index < -0.39 is 18.3 Å². The summed E-state index contributed by atoms with van der Waals surface area (Å²) in [6.07, 6.45) is 0.401. The van der Waals surface area contributed by atoms with Crippen LogP contribution < -0.4 is 10.2 Å². The fourth-order valence-corrected chi connectivity index (χ4v) is 2.48. The third kappa shape index (κ3) is 5.08. The molecule has 2 rings (SSSR count). The topological polar surface area (TPSA) is 70.9 Å². The molecule has 0 saturated carbocycles. The first kappa shape index (κ1) is 19.0. The fraction of sp³-hybridized carbons (Fsp3) is 0.176. The van der Waals surface area contributed by atoms with E-state index in [0.717, 1.165) is 0 Å². The molecule has 0 aromatic heterocycles. The highest BCUT2D eigenvalue weighted by atomic mass is 35.5. The van der Waals surface area contributed by atoms with E-state index in [4.69, 9.17) is 27.9 Å². The third-order valence-electron chi connectivity index (χ3n) is 3.18. The van der Waals surface area contributed by atoms with Gasteiger partial charge in [0.2, 0.25) is 0 Å². The average Bonchev–Trinajstić information content (AvgIpc) is 2.58. The number of amides is 1. The minimum atomic E-state index is -0.582. The molecule has 0 spiro atoms. The maximum atomic E-state index is 13.4. The van der Waals surface area contributed by atoms with Crippen molar-refractivity contribution < 1.29 is 19.0 Å². The van der Waals surface area contributed by atoms with E-state index in [1.54, 1.807) is 13.0 Å². The maximum Gasteiger partial charge on any atom is 0.277 e. The van der Waals surface area contributed by atoms with Crippen LogP contribution in [0.1, 0.15) is 18.9 Å². The highest BCUT2D eigenvalue weighted by Gasteiger charge is 2.13. The lowest BCUT2D eigenvalue weighted by Gasteiger charge is -2.10. The zero-order valence-corrected chi connectivity index (χ0v) is 14.7. The first-order valence-corrected chi connectivity index (χ1v) is 8.09. The second-order valence-electron chi connectivity index (χ2n) is 4.95. The van der Waals surface area contributed by atoms with Gasteiger partial charge in [-0.15, -0.1) is 0 Å². The minimum absolute atomic E-state index is 0.0309. The van der Waals surface area contributed by atoms with E-state index in [-0.39, 0.29) is 16.5 Å². The summed E-state index contributed by atoms with van der Waals surface area (Å²) in [4.78, 5) is 11.8. The highest BCUT2D eigenvalue weighted by molar-refractivity contribution is 6.36. The number of carbonyl (C=O) groups is 1. The van der Waals surface area contributed by atoms with Crippen LogP contribution in [-0.4, -0.2) is 23.3 Å². The van der Waals surface area contributed by atoms with Gasteiger partial charge < -0.3 is 9.84 Å². The van der Waals surface area contributed by atoms with Gasteiger partial charge in [-0.05, 0) is 30.7 Å². The summed E-state index contributed by atoms with van der Waals surface area (Å²) in [6.45, 7) is 1.37. The van der Waals surface area contributed by atoms with Crippen molar-refractivity contribution in [1.82, 2.24) is 5.43 Å². The highest BCUT2D eigenvalue weighted by Crippen LogP contribution is 2.32. The van der Waals surface area contributed by atoms with Gasteiger partial charge >= 0.3 is 0 Å². The number of nitrogens with one attached hydrogen (secondary N) is 1. The zero-order chi connectivity index (χ0) is 18.4. The lowest BCUT2D eigenvalue weighted by molar-refractivity contribution is -0.123. The van der Waals surface area contributed by atoms with E-state index >= 15 is 0 Å². The monoisotopic (exact) mass is 384 g/mol. The van der Waals surface area contributed by atoms with Crippen LogP contribution >= 0.6 is 23.2 Å². The number of para-hydroxylation sites is 1. The van der Waals surface area contributed by atoms with E-state index in [0.29, 0.717) is 22.7 Å². The molecule has 0 radical (unpaired) electrons. The fourth-order valence-electron chi connectivity index (χ4n) is 1.98. The van der Waals surface area contributed by atoms with Crippen LogP contribution in [0.5, 0.6) is 11.5 Å². The van der Waals surface area contributed by atoms with Gasteiger partial charge in [-0.3, -0.25) is 4.79 Å². The van der Waals surface area contributed by atoms with Gasteiger partial charge in [-0.1, -0.05) is 42.3 Å². The Morgan fingerprint density at radius 1 is 1.32 bits per heavy atom. The Bertz CT molecular complexity index is 812. The van der Waals surface area contributed by atoms with Crippen LogP contribution in [0.2, 0.25) is 10.0 Å². The van der Waals surface area contributed by atoms with Crippen molar-refractivity contribution in [1.29, 1.82) is 0 Å². The van der Waals surface area contributed by atoms with Gasteiger partial charge in [-0.2, -0.15) is 5.10 Å². The quantitative estimate of drug-likeness (QED) is 0.580. The minimum Gasteiger partial charge on any atom is -0.506 e. The van der Waals surface area contributed by atoms with Crippen molar-refractivity contribution in [3.05, 3.63) is 57.8 Å². The summed E-state index contributed by atoms with van der Waals surface area (Å²) in [6, 6.07) is 8.64. The SMILES string of the molecule is CC/C(=N\NC(=O)COc1ccccc1F)c1cc(Cl)cc(Cl)c1O. The molecule has 0 heterocycles. The molecule has 0 atom stereocenters. The molecule has 1 amide bonds. The number of hydrogen-bond donors (Lipinski definition) is 2. The molecular formula is C17H15Cl2FN2O3. The van der Waals surface area contributed by atoms with E-state index in [2.05, 4.69) is 10.5 Å². The van der Waals surface area contributed by atoms with Crippen molar-refractivity contribution in [2.75, 3.05) is 6.61 Å². The molecule has 0 bridgehead atoms. The number of halogens is 3. The maximum absolute atomic E-state index is 13.4. The second kappa shape index (κ2) is 8.69. The standard InChI is InChI=1S/C17H15Cl2FN2O3/c1-2-14(11-7-10(18)8-12(19)17(11)24)21-22-16(23)9-25-15-6-4-3-5-13(15)20/h3-8,24H,2,9H2,1H3,(H,22,23)/b21-14+. The van der Waals surface area contributed by atoms with Crippen molar-refractivity contribution in [3.8, 4) is 11.5 Å². The van der Waals surface area contributed by atoms with Crippen LogP contribution in [0.15, 0.2) is 41.5 Å². The Balaban J connectivity index is 2.06. The normalized spacial score (nSPS) is 11.3. The molecule has 5 nitrogen and oxygen atoms in total. The number of carbonyl (C=O) groups excluding carboxylic acids is 1.